The van der Waals surface area contributed by atoms with Crippen molar-refractivity contribution in [2.24, 2.45) is 0 Å². The van der Waals surface area contributed by atoms with Crippen LogP contribution in [0.25, 0.3) is 11.1 Å². The van der Waals surface area contributed by atoms with Crippen molar-refractivity contribution in [2.45, 2.75) is 17.6 Å². The van der Waals surface area contributed by atoms with Gasteiger partial charge in [0, 0.05) is 13.0 Å². The number of halogens is 4. The highest BCUT2D eigenvalue weighted by molar-refractivity contribution is 7.87. The van der Waals surface area contributed by atoms with Crippen molar-refractivity contribution in [3.63, 3.8) is 0 Å². The van der Waals surface area contributed by atoms with E-state index in [4.69, 9.17) is 5.11 Å². The van der Waals surface area contributed by atoms with Crippen LogP contribution in [-0.2, 0) is 14.4 Å². The Kier molecular flexibility index (Phi) is 5.75. The van der Waals surface area contributed by atoms with Gasteiger partial charge in [0.15, 0.2) is 0 Å². The Hall–Kier alpha value is -3.73. The van der Waals surface area contributed by atoms with Crippen LogP contribution in [0.2, 0.25) is 0 Å². The van der Waals surface area contributed by atoms with Crippen molar-refractivity contribution in [2.75, 3.05) is 6.61 Å². The summed E-state index contributed by atoms with van der Waals surface area (Å²) in [6, 6.07) is 6.97. The molecule has 2 heterocycles. The topological polar surface area (TPSA) is 159 Å². The van der Waals surface area contributed by atoms with Gasteiger partial charge in [-0.1, -0.05) is 12.1 Å². The molecule has 0 fully saturated rings. The molecule has 4 rings (SSSR count). The van der Waals surface area contributed by atoms with Crippen LogP contribution in [0.4, 0.5) is 17.6 Å². The van der Waals surface area contributed by atoms with E-state index in [1.807, 2.05) is 0 Å². The minimum Gasteiger partial charge on any atom is -0.396 e. The maximum Gasteiger partial charge on any atom is 0.433 e. The number of amides is 4. The Balaban J connectivity index is 1.66. The molecule has 36 heavy (non-hydrogen) atoms. The van der Waals surface area contributed by atoms with Crippen LogP contribution < -0.4 is 0 Å². The van der Waals surface area contributed by atoms with Gasteiger partial charge in [-0.3, -0.25) is 24.4 Å². The number of benzene rings is 2. The monoisotopic (exact) mass is 532 g/mol. The van der Waals surface area contributed by atoms with Crippen molar-refractivity contribution in [1.29, 1.82) is 0 Å². The van der Waals surface area contributed by atoms with Gasteiger partial charge >= 0.3 is 21.3 Å². The normalized spacial score (nSPS) is 16.2. The van der Waals surface area contributed by atoms with Gasteiger partial charge in [0.25, 0.3) is 23.6 Å². The van der Waals surface area contributed by atoms with E-state index in [0.29, 0.717) is 0 Å². The molecule has 190 valence electrons. The zero-order valence-electron chi connectivity index (χ0n) is 17.4. The maximum atomic E-state index is 14.0. The predicted molar refractivity (Wildman–Crippen MR) is 106 cm³/mol. The van der Waals surface area contributed by atoms with Gasteiger partial charge in [-0.15, -0.1) is 14.4 Å². The number of alkyl halides is 4. The Morgan fingerprint density at radius 1 is 0.778 bits per heavy atom. The van der Waals surface area contributed by atoms with E-state index in [-0.39, 0.29) is 27.3 Å². The van der Waals surface area contributed by atoms with Crippen LogP contribution in [0.3, 0.4) is 0 Å². The minimum absolute atomic E-state index is 0.102. The molecule has 2 aliphatic rings. The molecule has 0 saturated heterocycles. The average Bonchev–Trinajstić information content (AvgIpc) is 3.18. The van der Waals surface area contributed by atoms with Gasteiger partial charge in [-0.2, -0.15) is 26.0 Å². The van der Waals surface area contributed by atoms with E-state index in [2.05, 4.69) is 4.28 Å². The van der Waals surface area contributed by atoms with Crippen LogP contribution in [0.15, 0.2) is 36.4 Å². The van der Waals surface area contributed by atoms with E-state index < -0.39 is 74.1 Å². The van der Waals surface area contributed by atoms with E-state index in [1.54, 1.807) is 0 Å². The molecule has 0 aliphatic carbocycles. The number of rotatable bonds is 7. The third-order valence-electron chi connectivity index (χ3n) is 5.39. The summed E-state index contributed by atoms with van der Waals surface area (Å²) in [7, 11) is -6.60. The maximum absolute atomic E-state index is 14.0. The summed E-state index contributed by atoms with van der Waals surface area (Å²) in [4.78, 5) is 48.8. The molecule has 0 atom stereocenters. The molecule has 0 bridgehead atoms. The highest BCUT2D eigenvalue weighted by Gasteiger charge is 2.67. The summed E-state index contributed by atoms with van der Waals surface area (Å²) in [6.45, 7) is -1.49. The SMILES string of the molecule is O=C1c2ccc(-c3ccc4c(c3)C(=O)N(OS(=O)(=O)C(F)(F)C(F)(F)CCO)C4=O)cc2C(=O)N1O. The standard InChI is InChI=1S/C20H12F4N2O9S/c21-19(22,5-6-27)20(23,24)36(33,34)35-26-17(30)12-4-2-10(8-14(12)18(26)31)9-1-3-11-13(7-9)16(29)25(32)15(11)28/h1-4,7-8,27,32H,5-6H2. The first-order valence-corrected chi connectivity index (χ1v) is 11.1. The Morgan fingerprint density at radius 3 is 1.75 bits per heavy atom. The summed E-state index contributed by atoms with van der Waals surface area (Å²) in [5.41, 5.74) is -0.982. The lowest BCUT2D eigenvalue weighted by atomic mass is 9.97. The number of carbonyl (C=O) groups excluding carboxylic acids is 4. The number of hydrogen-bond acceptors (Lipinski definition) is 9. The number of fused-ring (bicyclic) bond motifs is 2. The van der Waals surface area contributed by atoms with Crippen LogP contribution in [-0.4, -0.2) is 70.3 Å². The van der Waals surface area contributed by atoms with Gasteiger partial charge in [-0.25, -0.2) is 0 Å². The number of nitrogens with zero attached hydrogens (tertiary/aromatic N) is 2. The van der Waals surface area contributed by atoms with Crippen molar-refractivity contribution in [3.8, 4) is 11.1 Å². The first-order chi connectivity index (χ1) is 16.6. The van der Waals surface area contributed by atoms with E-state index in [1.165, 1.54) is 24.3 Å². The highest BCUT2D eigenvalue weighted by atomic mass is 32.2. The quantitative estimate of drug-likeness (QED) is 0.308. The lowest BCUT2D eigenvalue weighted by Gasteiger charge is -2.26. The summed E-state index contributed by atoms with van der Waals surface area (Å²) in [5.74, 6) is -10.4. The number of imide groups is 2. The van der Waals surface area contributed by atoms with Crippen molar-refractivity contribution >= 4 is 33.7 Å². The van der Waals surface area contributed by atoms with Gasteiger partial charge in [0.1, 0.15) is 0 Å². The fourth-order valence-corrected chi connectivity index (χ4v) is 4.38. The molecule has 16 heteroatoms. The summed E-state index contributed by atoms with van der Waals surface area (Å²) >= 11 is 0. The number of hydroxylamine groups is 4. The fourth-order valence-electron chi connectivity index (χ4n) is 3.49. The molecule has 0 aromatic heterocycles. The van der Waals surface area contributed by atoms with Gasteiger partial charge < -0.3 is 5.11 Å². The summed E-state index contributed by atoms with van der Waals surface area (Å²) in [6.07, 6.45) is -1.95. The average molecular weight is 532 g/mol. The molecule has 2 N–H and O–H groups in total. The Labute approximate surface area is 198 Å². The first kappa shape index (κ1) is 25.4. The molecule has 0 unspecified atom stereocenters. The van der Waals surface area contributed by atoms with E-state index in [0.717, 1.165) is 12.1 Å². The third kappa shape index (κ3) is 3.57. The molecule has 2 aromatic carbocycles. The molecule has 4 amide bonds. The predicted octanol–water partition coefficient (Wildman–Crippen LogP) is 1.81. The van der Waals surface area contributed by atoms with Crippen LogP contribution in [0, 0.1) is 0 Å². The van der Waals surface area contributed by atoms with Gasteiger partial charge in [-0.05, 0) is 35.4 Å². The minimum atomic E-state index is -6.60. The largest absolute Gasteiger partial charge is 0.433 e. The molecule has 0 spiro atoms. The molecule has 2 aliphatic heterocycles. The van der Waals surface area contributed by atoms with Crippen LogP contribution in [0.5, 0.6) is 0 Å². The number of aliphatic hydroxyl groups excluding tert-OH is 1. The van der Waals surface area contributed by atoms with Gasteiger partial charge in [0.2, 0.25) is 0 Å². The van der Waals surface area contributed by atoms with Crippen molar-refractivity contribution in [3.05, 3.63) is 58.7 Å². The zero-order chi connectivity index (χ0) is 26.8. The molecular formula is C20H12F4N2O9S. The molecule has 11 nitrogen and oxygen atoms in total. The van der Waals surface area contributed by atoms with Crippen molar-refractivity contribution in [1.82, 2.24) is 10.1 Å². The second kappa shape index (κ2) is 8.16. The Morgan fingerprint density at radius 2 is 1.22 bits per heavy atom. The third-order valence-corrected chi connectivity index (χ3v) is 6.66. The lowest BCUT2D eigenvalue weighted by Crippen LogP contribution is -2.50. The van der Waals surface area contributed by atoms with E-state index >= 15 is 0 Å². The van der Waals surface area contributed by atoms with Crippen LogP contribution >= 0.6 is 0 Å². The van der Waals surface area contributed by atoms with Crippen LogP contribution in [0.1, 0.15) is 47.9 Å². The number of carbonyl (C=O) groups is 4. The van der Waals surface area contributed by atoms with Crippen molar-refractivity contribution < 1.29 is 59.8 Å². The summed E-state index contributed by atoms with van der Waals surface area (Å²) in [5, 5.41) is 11.4. The first-order valence-electron chi connectivity index (χ1n) is 9.70. The Bertz CT molecular complexity index is 1460. The second-order valence-electron chi connectivity index (χ2n) is 7.57. The highest BCUT2D eigenvalue weighted by Crippen LogP contribution is 2.43. The second-order valence-corrected chi connectivity index (χ2v) is 9.14. The van der Waals surface area contributed by atoms with E-state index in [9.17, 15) is 50.4 Å². The summed E-state index contributed by atoms with van der Waals surface area (Å²) < 4.78 is 82.8. The molecule has 0 radical (unpaired) electrons. The molecule has 0 saturated carbocycles. The van der Waals surface area contributed by atoms with Gasteiger partial charge in [0.05, 0.1) is 22.3 Å². The molecule has 2 aromatic rings. The number of aliphatic hydroxyl groups is 1. The lowest BCUT2D eigenvalue weighted by molar-refractivity contribution is -0.173. The zero-order valence-corrected chi connectivity index (χ0v) is 18.3. The molecular weight excluding hydrogens is 520 g/mol. The number of hydrogen-bond donors (Lipinski definition) is 2. The smallest absolute Gasteiger partial charge is 0.396 e. The fraction of sp³-hybridized carbons (Fsp3) is 0.200.